The fourth-order valence-electron chi connectivity index (χ4n) is 3.48. The molecule has 5 rings (SSSR count). The minimum Gasteiger partial charge on any atom is -0.455 e. The summed E-state index contributed by atoms with van der Waals surface area (Å²) in [6.45, 7) is 0. The van der Waals surface area contributed by atoms with Gasteiger partial charge < -0.3 is 9.47 Å². The first-order chi connectivity index (χ1) is 12.3. The average molecular weight is 335 g/mol. The summed E-state index contributed by atoms with van der Waals surface area (Å²) in [5.41, 5.74) is 2.09. The Bertz CT molecular complexity index is 925. The van der Waals surface area contributed by atoms with Crippen molar-refractivity contribution in [3.8, 4) is 11.5 Å². The molecule has 1 unspecified atom stereocenters. The average Bonchev–Trinajstić information content (AvgIpc) is 2.98. The van der Waals surface area contributed by atoms with E-state index in [4.69, 9.17) is 9.47 Å². The Morgan fingerprint density at radius 1 is 0.880 bits per heavy atom. The van der Waals surface area contributed by atoms with E-state index in [1.54, 1.807) is 18.5 Å². The maximum Gasteiger partial charge on any atom is 0.340 e. The second-order valence-electron chi connectivity index (χ2n) is 5.59. The first-order valence-electron chi connectivity index (χ1n) is 7.73. The summed E-state index contributed by atoms with van der Waals surface area (Å²) in [4.78, 5) is 16.6. The molecule has 1 atom stereocenters. The van der Waals surface area contributed by atoms with E-state index in [9.17, 15) is 9.18 Å². The van der Waals surface area contributed by atoms with Gasteiger partial charge in [0.1, 0.15) is 5.75 Å². The van der Waals surface area contributed by atoms with E-state index in [0.717, 1.165) is 16.7 Å². The molecule has 4 nitrogen and oxygen atoms in total. The van der Waals surface area contributed by atoms with Gasteiger partial charge in [-0.2, -0.15) is 0 Å². The van der Waals surface area contributed by atoms with Crippen LogP contribution in [-0.4, -0.2) is 18.1 Å². The van der Waals surface area contributed by atoms with Crippen LogP contribution in [0.25, 0.3) is 0 Å². The molecule has 0 fully saturated rings. The lowest BCUT2D eigenvalue weighted by Crippen LogP contribution is -2.32. The van der Waals surface area contributed by atoms with E-state index in [1.807, 2.05) is 48.5 Å². The molecule has 2 aliphatic heterocycles. The monoisotopic (exact) mass is 335 g/mol. The molecule has 1 aromatic heterocycles. The number of hydrogen-bond donors (Lipinski definition) is 0. The van der Waals surface area contributed by atoms with Crippen molar-refractivity contribution in [3.05, 3.63) is 89.2 Å². The van der Waals surface area contributed by atoms with Crippen LogP contribution in [0.4, 0.5) is 4.39 Å². The molecule has 1 spiro atoms. The van der Waals surface area contributed by atoms with Crippen LogP contribution in [0.1, 0.15) is 27.0 Å². The van der Waals surface area contributed by atoms with Gasteiger partial charge in [0.05, 0.1) is 24.5 Å². The third kappa shape index (κ3) is 1.99. The summed E-state index contributed by atoms with van der Waals surface area (Å²) in [5, 5.41) is 0. The lowest BCUT2D eigenvalue weighted by atomic mass is 9.78. The van der Waals surface area contributed by atoms with Crippen molar-refractivity contribution in [2.75, 3.05) is 7.18 Å². The molecule has 0 N–H and O–H groups in total. The summed E-state index contributed by atoms with van der Waals surface area (Å²) in [6.07, 6.45) is 3.34. The lowest BCUT2D eigenvalue weighted by Gasteiger charge is -2.36. The number of benzene rings is 2. The maximum absolute atomic E-state index is 12.5. The largest absolute Gasteiger partial charge is 0.455 e. The van der Waals surface area contributed by atoms with Crippen LogP contribution in [0.2, 0.25) is 0 Å². The number of para-hydroxylation sites is 1. The predicted molar refractivity (Wildman–Crippen MR) is 89.5 cm³/mol. The minimum absolute atomic E-state index is 0.319. The van der Waals surface area contributed by atoms with Crippen molar-refractivity contribution >= 4 is 5.97 Å². The van der Waals surface area contributed by atoms with Crippen molar-refractivity contribution in [1.82, 2.24) is 4.98 Å². The van der Waals surface area contributed by atoms with E-state index < -0.39 is 5.60 Å². The van der Waals surface area contributed by atoms with Crippen molar-refractivity contribution in [3.63, 3.8) is 0 Å². The first-order valence-corrected chi connectivity index (χ1v) is 7.73. The SMILES string of the molecule is CF.O=C1OC2(c3ccccc3Oc3cnccc32)c2ccccc21. The molecular weight excluding hydrogens is 321 g/mol. The highest BCUT2D eigenvalue weighted by Gasteiger charge is 2.53. The van der Waals surface area contributed by atoms with Crippen LogP contribution in [-0.2, 0) is 10.3 Å². The number of hydrogen-bond acceptors (Lipinski definition) is 4. The van der Waals surface area contributed by atoms with Gasteiger partial charge in [-0.3, -0.25) is 9.37 Å². The molecule has 5 heteroatoms. The summed E-state index contributed by atoms with van der Waals surface area (Å²) in [5.74, 6) is 0.966. The molecule has 0 aliphatic carbocycles. The number of fused-ring (bicyclic) bond motifs is 6. The highest BCUT2D eigenvalue weighted by molar-refractivity contribution is 5.96. The van der Waals surface area contributed by atoms with Gasteiger partial charge in [-0.15, -0.1) is 0 Å². The summed E-state index contributed by atoms with van der Waals surface area (Å²) in [7, 11) is 0.500. The Balaban J connectivity index is 0.000000758. The molecule has 2 aliphatic rings. The van der Waals surface area contributed by atoms with Crippen LogP contribution in [0.15, 0.2) is 67.0 Å². The van der Waals surface area contributed by atoms with Crippen LogP contribution in [0, 0.1) is 0 Å². The van der Waals surface area contributed by atoms with Gasteiger partial charge in [-0.25, -0.2) is 4.79 Å². The number of carbonyl (C=O) groups excluding carboxylic acids is 1. The molecule has 0 saturated heterocycles. The molecule has 2 aromatic carbocycles. The molecule has 0 saturated carbocycles. The van der Waals surface area contributed by atoms with Gasteiger partial charge in [0.25, 0.3) is 0 Å². The molecule has 0 bridgehead atoms. The second-order valence-corrected chi connectivity index (χ2v) is 5.59. The van der Waals surface area contributed by atoms with Gasteiger partial charge in [-0.05, 0) is 18.2 Å². The lowest BCUT2D eigenvalue weighted by molar-refractivity contribution is 0.0224. The molecular formula is C20H14FNO3. The Labute approximate surface area is 143 Å². The number of rotatable bonds is 0. The van der Waals surface area contributed by atoms with Crippen LogP contribution >= 0.6 is 0 Å². The number of carbonyl (C=O) groups is 1. The smallest absolute Gasteiger partial charge is 0.340 e. The van der Waals surface area contributed by atoms with Gasteiger partial charge in [0.15, 0.2) is 11.4 Å². The highest BCUT2D eigenvalue weighted by atomic mass is 19.1. The quantitative estimate of drug-likeness (QED) is 0.577. The van der Waals surface area contributed by atoms with Crippen molar-refractivity contribution < 1.29 is 18.7 Å². The van der Waals surface area contributed by atoms with E-state index in [-0.39, 0.29) is 5.97 Å². The summed E-state index contributed by atoms with van der Waals surface area (Å²) < 4.78 is 21.4. The highest BCUT2D eigenvalue weighted by Crippen LogP contribution is 2.55. The third-order valence-corrected chi connectivity index (χ3v) is 4.42. The molecule has 0 amide bonds. The van der Waals surface area contributed by atoms with E-state index >= 15 is 0 Å². The molecule has 25 heavy (non-hydrogen) atoms. The van der Waals surface area contributed by atoms with E-state index in [2.05, 4.69) is 4.98 Å². The maximum atomic E-state index is 12.5. The zero-order valence-corrected chi connectivity index (χ0v) is 13.4. The molecule has 3 heterocycles. The Morgan fingerprint density at radius 2 is 1.56 bits per heavy atom. The summed E-state index contributed by atoms with van der Waals surface area (Å²) >= 11 is 0. The Kier molecular flexibility index (Phi) is 3.50. The summed E-state index contributed by atoms with van der Waals surface area (Å²) in [6, 6.07) is 17.0. The number of halogens is 1. The molecule has 3 aromatic rings. The molecule has 124 valence electrons. The van der Waals surface area contributed by atoms with Crippen molar-refractivity contribution in [2.45, 2.75) is 5.60 Å². The number of ether oxygens (including phenoxy) is 2. The van der Waals surface area contributed by atoms with Crippen LogP contribution in [0.5, 0.6) is 11.5 Å². The van der Waals surface area contributed by atoms with Crippen LogP contribution in [0.3, 0.4) is 0 Å². The predicted octanol–water partition coefficient (Wildman–Crippen LogP) is 4.24. The van der Waals surface area contributed by atoms with Crippen molar-refractivity contribution in [2.24, 2.45) is 0 Å². The fraction of sp³-hybridized carbons (Fsp3) is 0.100. The van der Waals surface area contributed by atoms with Gasteiger partial charge >= 0.3 is 5.97 Å². The first kappa shape index (κ1) is 15.3. The minimum atomic E-state index is -0.971. The molecule has 0 radical (unpaired) electrons. The third-order valence-electron chi connectivity index (χ3n) is 4.42. The van der Waals surface area contributed by atoms with Gasteiger partial charge in [0, 0.05) is 17.3 Å². The second kappa shape index (κ2) is 5.70. The number of alkyl halides is 1. The number of esters is 1. The van der Waals surface area contributed by atoms with Gasteiger partial charge in [0.2, 0.25) is 0 Å². The van der Waals surface area contributed by atoms with Gasteiger partial charge in [-0.1, -0.05) is 36.4 Å². The number of nitrogens with zero attached hydrogens (tertiary/aromatic N) is 1. The zero-order chi connectivity index (χ0) is 17.4. The Morgan fingerprint density at radius 3 is 2.40 bits per heavy atom. The van der Waals surface area contributed by atoms with E-state index in [0.29, 0.717) is 24.2 Å². The zero-order valence-electron chi connectivity index (χ0n) is 13.4. The number of pyridine rings is 1. The standard InChI is InChI=1S/C19H11NO3.CH3F/c21-18-12-5-1-2-6-13(12)19(23-18)14-7-3-4-8-16(14)22-17-11-20-10-9-15(17)19;1-2/h1-11H;1H3. The van der Waals surface area contributed by atoms with Crippen molar-refractivity contribution in [1.29, 1.82) is 0 Å². The topological polar surface area (TPSA) is 48.4 Å². The Hall–Kier alpha value is -3.21. The fourth-order valence-corrected chi connectivity index (χ4v) is 3.48. The van der Waals surface area contributed by atoms with E-state index in [1.165, 1.54) is 0 Å². The normalized spacial score (nSPS) is 18.9. The van der Waals surface area contributed by atoms with Crippen LogP contribution < -0.4 is 4.74 Å². The number of aromatic nitrogens is 1.